The van der Waals surface area contributed by atoms with E-state index in [1.165, 1.54) is 13.0 Å². The van der Waals surface area contributed by atoms with E-state index in [1.807, 2.05) is 29.9 Å². The van der Waals surface area contributed by atoms with Crippen molar-refractivity contribution in [3.8, 4) is 11.5 Å². The number of rotatable bonds is 9. The molecule has 2 aromatic heterocycles. The molecule has 2 aromatic carbocycles. The van der Waals surface area contributed by atoms with Gasteiger partial charge in [0.1, 0.15) is 23.9 Å². The Kier molecular flexibility index (Phi) is 6.68. The zero-order chi connectivity index (χ0) is 25.2. The first-order valence-electron chi connectivity index (χ1n) is 10.7. The molecule has 0 aliphatic rings. The number of benzene rings is 2. The molecule has 0 amide bonds. The third-order valence-corrected chi connectivity index (χ3v) is 5.32. The fraction of sp³-hybridized carbons (Fsp3) is 0.292. The summed E-state index contributed by atoms with van der Waals surface area (Å²) in [6.45, 7) is 2.08. The maximum absolute atomic E-state index is 12.6. The predicted molar refractivity (Wildman–Crippen MR) is 120 cm³/mol. The second kappa shape index (κ2) is 9.69. The first kappa shape index (κ1) is 24.1. The molecule has 0 saturated carbocycles. The van der Waals surface area contributed by atoms with Gasteiger partial charge in [-0.25, -0.2) is 4.98 Å². The number of halogens is 3. The van der Waals surface area contributed by atoms with Gasteiger partial charge in [0.25, 0.3) is 0 Å². The highest BCUT2D eigenvalue weighted by Crippen LogP contribution is 2.29. The number of carboxylic acid groups (broad SMARTS) is 1. The molecule has 4 rings (SSSR count). The Morgan fingerprint density at radius 1 is 1.14 bits per heavy atom. The van der Waals surface area contributed by atoms with E-state index in [0.717, 1.165) is 11.2 Å². The Labute approximate surface area is 198 Å². The zero-order valence-corrected chi connectivity index (χ0v) is 19.0. The van der Waals surface area contributed by atoms with Gasteiger partial charge >= 0.3 is 12.3 Å². The lowest BCUT2D eigenvalue weighted by atomic mass is 10.1. The minimum atomic E-state index is -4.78. The predicted octanol–water partition coefficient (Wildman–Crippen LogP) is 4.62. The number of aryl methyl sites for hydroxylation is 3. The summed E-state index contributed by atoms with van der Waals surface area (Å²) in [5.74, 6) is -0.0859. The van der Waals surface area contributed by atoms with Crippen LogP contribution in [-0.2, 0) is 31.4 Å². The summed E-state index contributed by atoms with van der Waals surface area (Å²) in [5, 5.41) is 13.4. The average Bonchev–Trinajstić information content (AvgIpc) is 3.35. The SMILES string of the molecule is Cc1cc(Cn2c(CCC(=O)O)nc3ccc(OCc4ccn(C)n4)cc32)ccc1OC(F)(F)F. The van der Waals surface area contributed by atoms with E-state index in [1.54, 1.807) is 28.9 Å². The van der Waals surface area contributed by atoms with E-state index in [-0.39, 0.29) is 31.7 Å². The van der Waals surface area contributed by atoms with Crippen LogP contribution in [0, 0.1) is 6.92 Å². The number of aromatic nitrogens is 4. The lowest BCUT2D eigenvalue weighted by molar-refractivity contribution is -0.274. The van der Waals surface area contributed by atoms with Crippen molar-refractivity contribution in [3.63, 3.8) is 0 Å². The number of ether oxygens (including phenoxy) is 2. The molecule has 35 heavy (non-hydrogen) atoms. The minimum Gasteiger partial charge on any atom is -0.487 e. The number of carboxylic acids is 1. The van der Waals surface area contributed by atoms with Crippen molar-refractivity contribution in [2.75, 3.05) is 0 Å². The van der Waals surface area contributed by atoms with Crippen LogP contribution >= 0.6 is 0 Å². The summed E-state index contributed by atoms with van der Waals surface area (Å²) in [6, 6.07) is 11.6. The molecule has 0 saturated heterocycles. The van der Waals surface area contributed by atoms with Gasteiger partial charge in [0.15, 0.2) is 0 Å². The average molecular weight is 488 g/mol. The molecule has 0 radical (unpaired) electrons. The van der Waals surface area contributed by atoms with Gasteiger partial charge in [-0.15, -0.1) is 13.2 Å². The fourth-order valence-corrected chi connectivity index (χ4v) is 3.76. The largest absolute Gasteiger partial charge is 0.573 e. The summed E-state index contributed by atoms with van der Waals surface area (Å²) < 4.78 is 51.3. The van der Waals surface area contributed by atoms with Gasteiger partial charge in [0.05, 0.1) is 23.1 Å². The second-order valence-corrected chi connectivity index (χ2v) is 8.08. The molecule has 0 fully saturated rings. The maximum Gasteiger partial charge on any atom is 0.573 e. The molecule has 0 atom stereocenters. The van der Waals surface area contributed by atoms with Crippen molar-refractivity contribution in [3.05, 3.63) is 71.3 Å². The third-order valence-electron chi connectivity index (χ3n) is 5.32. The van der Waals surface area contributed by atoms with Crippen molar-refractivity contribution >= 4 is 17.0 Å². The van der Waals surface area contributed by atoms with Crippen LogP contribution in [0.15, 0.2) is 48.7 Å². The van der Waals surface area contributed by atoms with Gasteiger partial charge in [0.2, 0.25) is 0 Å². The number of imidazole rings is 1. The molecule has 11 heteroatoms. The number of aliphatic carboxylic acids is 1. The van der Waals surface area contributed by atoms with E-state index in [2.05, 4.69) is 14.8 Å². The van der Waals surface area contributed by atoms with Crippen LogP contribution in [0.4, 0.5) is 13.2 Å². The van der Waals surface area contributed by atoms with E-state index in [4.69, 9.17) is 9.84 Å². The highest BCUT2D eigenvalue weighted by Gasteiger charge is 2.31. The first-order valence-corrected chi connectivity index (χ1v) is 10.7. The third kappa shape index (κ3) is 6.11. The number of nitrogens with zero attached hydrogens (tertiary/aromatic N) is 4. The van der Waals surface area contributed by atoms with Gasteiger partial charge in [-0.05, 0) is 42.3 Å². The standard InChI is InChI=1S/C24H23F3N4O4/c1-15-11-16(3-6-21(15)35-24(25,26)27)13-31-20-12-18(34-14-17-9-10-30(2)29-17)4-5-19(20)28-22(31)7-8-23(32)33/h3-6,9-12H,7-8,13-14H2,1-2H3,(H,32,33). The number of carbonyl (C=O) groups is 1. The van der Waals surface area contributed by atoms with E-state index in [9.17, 15) is 18.0 Å². The highest BCUT2D eigenvalue weighted by molar-refractivity contribution is 5.78. The Bertz CT molecular complexity index is 1360. The van der Waals surface area contributed by atoms with Crippen LogP contribution in [-0.4, -0.2) is 36.8 Å². The Morgan fingerprint density at radius 3 is 2.60 bits per heavy atom. The van der Waals surface area contributed by atoms with Crippen molar-refractivity contribution in [2.45, 2.75) is 39.3 Å². The molecule has 184 valence electrons. The molecule has 2 heterocycles. The smallest absolute Gasteiger partial charge is 0.487 e. The normalized spacial score (nSPS) is 11.7. The van der Waals surface area contributed by atoms with Crippen LogP contribution in [0.2, 0.25) is 0 Å². The summed E-state index contributed by atoms with van der Waals surface area (Å²) >= 11 is 0. The maximum atomic E-state index is 12.6. The monoisotopic (exact) mass is 488 g/mol. The Morgan fingerprint density at radius 2 is 1.94 bits per heavy atom. The Balaban J connectivity index is 1.64. The second-order valence-electron chi connectivity index (χ2n) is 8.08. The molecule has 0 unspecified atom stereocenters. The van der Waals surface area contributed by atoms with Crippen LogP contribution in [0.3, 0.4) is 0 Å². The molecule has 1 N–H and O–H groups in total. The highest BCUT2D eigenvalue weighted by atomic mass is 19.4. The van der Waals surface area contributed by atoms with Gasteiger partial charge < -0.3 is 19.1 Å². The molecule has 0 aliphatic heterocycles. The van der Waals surface area contributed by atoms with E-state index >= 15 is 0 Å². The van der Waals surface area contributed by atoms with Gasteiger partial charge in [-0.1, -0.05) is 12.1 Å². The van der Waals surface area contributed by atoms with Crippen molar-refractivity contribution < 1.29 is 32.5 Å². The quantitative estimate of drug-likeness (QED) is 0.370. The van der Waals surface area contributed by atoms with E-state index in [0.29, 0.717) is 28.2 Å². The summed E-state index contributed by atoms with van der Waals surface area (Å²) in [5.41, 5.74) is 3.19. The Hall–Kier alpha value is -4.02. The molecular weight excluding hydrogens is 465 g/mol. The molecular formula is C24H23F3N4O4. The van der Waals surface area contributed by atoms with E-state index < -0.39 is 12.3 Å². The molecule has 0 aliphatic carbocycles. The van der Waals surface area contributed by atoms with Crippen LogP contribution in [0.25, 0.3) is 11.0 Å². The first-order chi connectivity index (χ1) is 16.6. The lowest BCUT2D eigenvalue weighted by Gasteiger charge is -2.14. The van der Waals surface area contributed by atoms with Crippen molar-refractivity contribution in [1.82, 2.24) is 19.3 Å². The zero-order valence-electron chi connectivity index (χ0n) is 19.0. The number of fused-ring (bicyclic) bond motifs is 1. The van der Waals surface area contributed by atoms with Crippen LogP contribution in [0.5, 0.6) is 11.5 Å². The molecule has 0 spiro atoms. The topological polar surface area (TPSA) is 91.4 Å². The number of alkyl halides is 3. The minimum absolute atomic E-state index is 0.107. The van der Waals surface area contributed by atoms with Gasteiger partial charge in [-0.2, -0.15) is 5.10 Å². The van der Waals surface area contributed by atoms with Crippen molar-refractivity contribution in [1.29, 1.82) is 0 Å². The summed E-state index contributed by atoms with van der Waals surface area (Å²) in [6.07, 6.45) is -2.87. The van der Waals surface area contributed by atoms with Gasteiger partial charge in [0, 0.05) is 32.3 Å². The fourth-order valence-electron chi connectivity index (χ4n) is 3.76. The lowest BCUT2D eigenvalue weighted by Crippen LogP contribution is -2.17. The molecule has 8 nitrogen and oxygen atoms in total. The number of hydrogen-bond acceptors (Lipinski definition) is 5. The summed E-state index contributed by atoms with van der Waals surface area (Å²) in [7, 11) is 1.82. The van der Waals surface area contributed by atoms with Crippen LogP contribution < -0.4 is 9.47 Å². The van der Waals surface area contributed by atoms with Crippen molar-refractivity contribution in [2.24, 2.45) is 7.05 Å². The van der Waals surface area contributed by atoms with Crippen LogP contribution in [0.1, 0.15) is 29.1 Å². The number of hydrogen-bond donors (Lipinski definition) is 1. The molecule has 0 bridgehead atoms. The summed E-state index contributed by atoms with van der Waals surface area (Å²) in [4.78, 5) is 15.7. The van der Waals surface area contributed by atoms with Gasteiger partial charge in [-0.3, -0.25) is 9.48 Å². The molecule has 4 aromatic rings.